The highest BCUT2D eigenvalue weighted by atomic mass is 35.5. The Morgan fingerprint density at radius 3 is 2.40 bits per heavy atom. The third-order valence-corrected chi connectivity index (χ3v) is 11.0. The number of carboxylic acids is 1. The summed E-state index contributed by atoms with van der Waals surface area (Å²) in [7, 11) is 1.91. The Balaban J connectivity index is 1.38. The Morgan fingerprint density at radius 1 is 1.02 bits per heavy atom. The highest BCUT2D eigenvalue weighted by molar-refractivity contribution is 6.38. The number of anilines is 1. The normalized spacial score (nSPS) is 14.6. The number of amides is 1. The standard InChI is InChI=1S/C38H35Cl3N4O5/c1-18-15-23(16-19(2)31(18)40)49-14-8-10-24-25-12-13-27(39)30(29-21(4)42-43(6)22(29)5)33(25)45-20(3)17-44(37(46)34(24)45)28-11-7-9-26-32(41)36(38(47)48)50-35(26)28/h7,9,11-13,15-16,20H,8,10,14,17H2,1-6H3,(H,47,48)/t20-/m1/s1. The van der Waals surface area contributed by atoms with Gasteiger partial charge in [-0.25, -0.2) is 4.79 Å². The number of carboxylic acid groups (broad SMARTS) is 1. The van der Waals surface area contributed by atoms with Gasteiger partial charge in [-0.2, -0.15) is 5.10 Å². The van der Waals surface area contributed by atoms with Gasteiger partial charge in [0, 0.05) is 52.3 Å². The third-order valence-electron chi connectivity index (χ3n) is 9.68. The zero-order chi connectivity index (χ0) is 35.8. The van der Waals surface area contributed by atoms with E-state index in [1.165, 1.54) is 0 Å². The minimum atomic E-state index is -1.28. The minimum absolute atomic E-state index is 0.00534. The summed E-state index contributed by atoms with van der Waals surface area (Å²) in [5.41, 5.74) is 8.44. The fourth-order valence-electron chi connectivity index (χ4n) is 7.36. The summed E-state index contributed by atoms with van der Waals surface area (Å²) in [5, 5.41) is 17.0. The molecule has 1 aliphatic heterocycles. The molecule has 0 saturated carbocycles. The average molecular weight is 734 g/mol. The van der Waals surface area contributed by atoms with Crippen LogP contribution in [0, 0.1) is 27.7 Å². The van der Waals surface area contributed by atoms with Crippen LogP contribution < -0.4 is 9.64 Å². The molecule has 4 heterocycles. The number of aryl methyl sites for hydroxylation is 5. The van der Waals surface area contributed by atoms with Gasteiger partial charge in [0.15, 0.2) is 5.58 Å². The largest absolute Gasteiger partial charge is 0.494 e. The summed E-state index contributed by atoms with van der Waals surface area (Å²) in [4.78, 5) is 28.4. The first kappa shape index (κ1) is 34.0. The number of rotatable bonds is 8. The number of hydrogen-bond acceptors (Lipinski definition) is 5. The molecule has 6 aromatic rings. The molecule has 1 atom stereocenters. The number of ether oxygens (including phenoxy) is 1. The van der Waals surface area contributed by atoms with E-state index in [9.17, 15) is 14.7 Å². The van der Waals surface area contributed by atoms with Crippen molar-refractivity contribution in [1.29, 1.82) is 0 Å². The predicted octanol–water partition coefficient (Wildman–Crippen LogP) is 9.91. The summed E-state index contributed by atoms with van der Waals surface area (Å²) < 4.78 is 15.9. The van der Waals surface area contributed by atoms with Crippen LogP contribution in [0.4, 0.5) is 5.69 Å². The molecule has 3 aromatic heterocycles. The molecule has 0 bridgehead atoms. The molecule has 1 N–H and O–H groups in total. The van der Waals surface area contributed by atoms with Crippen molar-refractivity contribution in [3.63, 3.8) is 0 Å². The Hall–Kier alpha value is -4.44. The topological polar surface area (TPSA) is 103 Å². The van der Waals surface area contributed by atoms with Gasteiger partial charge < -0.3 is 23.7 Å². The van der Waals surface area contributed by atoms with E-state index in [1.807, 2.05) is 63.7 Å². The third kappa shape index (κ3) is 5.34. The van der Waals surface area contributed by atoms with E-state index < -0.39 is 5.97 Å². The molecule has 0 unspecified atom stereocenters. The molecule has 1 aliphatic rings. The van der Waals surface area contributed by atoms with Gasteiger partial charge in [0.2, 0.25) is 5.76 Å². The van der Waals surface area contributed by atoms with Crippen LogP contribution in [0.3, 0.4) is 0 Å². The Bertz CT molecular complexity index is 2360. The van der Waals surface area contributed by atoms with Gasteiger partial charge in [0.25, 0.3) is 5.91 Å². The van der Waals surface area contributed by atoms with Gasteiger partial charge in [-0.3, -0.25) is 9.48 Å². The minimum Gasteiger partial charge on any atom is -0.494 e. The van der Waals surface area contributed by atoms with E-state index in [1.54, 1.807) is 23.1 Å². The summed E-state index contributed by atoms with van der Waals surface area (Å²) in [5.74, 6) is -1.15. The number of benzene rings is 3. The predicted molar refractivity (Wildman–Crippen MR) is 198 cm³/mol. The number of furan rings is 1. The Labute approximate surface area is 303 Å². The molecule has 0 aliphatic carbocycles. The Kier molecular flexibility index (Phi) is 8.65. The van der Waals surface area contributed by atoms with Gasteiger partial charge >= 0.3 is 5.97 Å². The van der Waals surface area contributed by atoms with E-state index in [4.69, 9.17) is 44.0 Å². The van der Waals surface area contributed by atoms with Crippen molar-refractivity contribution in [2.45, 2.75) is 53.5 Å². The molecule has 7 rings (SSSR count). The maximum Gasteiger partial charge on any atom is 0.373 e. The maximum absolute atomic E-state index is 14.9. The maximum atomic E-state index is 14.9. The molecule has 0 saturated heterocycles. The van der Waals surface area contributed by atoms with E-state index in [0.29, 0.717) is 47.8 Å². The van der Waals surface area contributed by atoms with Crippen LogP contribution in [-0.4, -0.2) is 44.5 Å². The number of carbonyl (C=O) groups is 2. The van der Waals surface area contributed by atoms with Crippen LogP contribution in [0.5, 0.6) is 5.75 Å². The SMILES string of the molecule is Cc1cc(OCCCc2c3n(c4c(-c5c(C)nn(C)c5C)c(Cl)ccc24)[C@H](C)CN(c2cccc4c(Cl)c(C(=O)O)oc24)C3=O)cc(C)c1Cl. The number of para-hydroxylation sites is 1. The zero-order valence-electron chi connectivity index (χ0n) is 28.5. The summed E-state index contributed by atoms with van der Waals surface area (Å²) in [6, 6.07) is 12.7. The van der Waals surface area contributed by atoms with Crippen LogP contribution in [-0.2, 0) is 13.5 Å². The average Bonchev–Trinajstić information content (AvgIpc) is 3.68. The summed E-state index contributed by atoms with van der Waals surface area (Å²) >= 11 is 19.8. The van der Waals surface area contributed by atoms with Gasteiger partial charge in [-0.15, -0.1) is 0 Å². The zero-order valence-corrected chi connectivity index (χ0v) is 30.7. The molecule has 3 aromatic carbocycles. The molecule has 0 radical (unpaired) electrons. The first-order valence-electron chi connectivity index (χ1n) is 16.3. The fraction of sp³-hybridized carbons (Fsp3) is 0.289. The second kappa shape index (κ2) is 12.7. The molecule has 12 heteroatoms. The lowest BCUT2D eigenvalue weighted by Crippen LogP contribution is -2.42. The van der Waals surface area contributed by atoms with Gasteiger partial charge in [0.05, 0.1) is 28.5 Å². The van der Waals surface area contributed by atoms with Crippen molar-refractivity contribution < 1.29 is 23.8 Å². The first-order chi connectivity index (χ1) is 23.8. The lowest BCUT2D eigenvalue weighted by molar-refractivity contribution is 0.0665. The van der Waals surface area contributed by atoms with Crippen molar-refractivity contribution in [1.82, 2.24) is 14.3 Å². The van der Waals surface area contributed by atoms with Gasteiger partial charge in [-0.1, -0.05) is 46.9 Å². The number of carbonyl (C=O) groups excluding carboxylic acids is 1. The quantitative estimate of drug-likeness (QED) is 0.156. The number of fused-ring (bicyclic) bond motifs is 4. The molecule has 0 spiro atoms. The number of nitrogens with zero attached hydrogens (tertiary/aromatic N) is 4. The lowest BCUT2D eigenvalue weighted by atomic mass is 9.98. The van der Waals surface area contributed by atoms with Gasteiger partial charge in [0.1, 0.15) is 16.5 Å². The van der Waals surface area contributed by atoms with E-state index >= 15 is 0 Å². The van der Waals surface area contributed by atoms with E-state index in [2.05, 4.69) is 16.6 Å². The highest BCUT2D eigenvalue weighted by Gasteiger charge is 2.38. The van der Waals surface area contributed by atoms with Crippen molar-refractivity contribution in [2.75, 3.05) is 18.1 Å². The summed E-state index contributed by atoms with van der Waals surface area (Å²) in [6.45, 7) is 10.7. The van der Waals surface area contributed by atoms with Crippen LogP contribution in [0.2, 0.25) is 15.1 Å². The number of hydrogen-bond donors (Lipinski definition) is 1. The molecule has 50 heavy (non-hydrogen) atoms. The van der Waals surface area contributed by atoms with Gasteiger partial charge in [-0.05, 0) is 94.5 Å². The van der Waals surface area contributed by atoms with E-state index in [-0.39, 0.29) is 28.3 Å². The molecular formula is C38H35Cl3N4O5. The van der Waals surface area contributed by atoms with Crippen molar-refractivity contribution in [3.05, 3.63) is 97.1 Å². The van der Waals surface area contributed by atoms with E-state index in [0.717, 1.165) is 60.9 Å². The van der Waals surface area contributed by atoms with Crippen molar-refractivity contribution in [2.24, 2.45) is 7.05 Å². The van der Waals surface area contributed by atoms with Crippen molar-refractivity contribution >= 4 is 74.2 Å². The molecule has 258 valence electrons. The van der Waals surface area contributed by atoms with Crippen LogP contribution in [0.25, 0.3) is 33.0 Å². The second-order valence-electron chi connectivity index (χ2n) is 13.0. The second-order valence-corrected chi connectivity index (χ2v) is 14.1. The first-order valence-corrected chi connectivity index (χ1v) is 17.4. The smallest absolute Gasteiger partial charge is 0.373 e. The lowest BCUT2D eigenvalue weighted by Gasteiger charge is -2.34. The molecular weight excluding hydrogens is 699 g/mol. The van der Waals surface area contributed by atoms with Crippen molar-refractivity contribution in [3.8, 4) is 16.9 Å². The number of halogens is 3. The Morgan fingerprint density at radius 2 is 1.74 bits per heavy atom. The van der Waals surface area contributed by atoms with Crippen LogP contribution in [0.1, 0.15) is 68.5 Å². The monoisotopic (exact) mass is 732 g/mol. The molecule has 9 nitrogen and oxygen atoms in total. The highest BCUT2D eigenvalue weighted by Crippen LogP contribution is 2.46. The fourth-order valence-corrected chi connectivity index (χ4v) is 7.99. The molecule has 1 amide bonds. The van der Waals surface area contributed by atoms with Crippen LogP contribution in [0.15, 0.2) is 46.9 Å². The number of aromatic nitrogens is 3. The number of aromatic carboxylic acids is 1. The summed E-state index contributed by atoms with van der Waals surface area (Å²) in [6.07, 6.45) is 1.17. The molecule has 0 fully saturated rings. The van der Waals surface area contributed by atoms with Crippen LogP contribution >= 0.6 is 34.8 Å².